The second kappa shape index (κ2) is 8.88. The molecule has 0 bridgehead atoms. The van der Waals surface area contributed by atoms with Crippen molar-refractivity contribution < 1.29 is 9.59 Å². The Labute approximate surface area is 175 Å². The van der Waals surface area contributed by atoms with Gasteiger partial charge in [-0.15, -0.1) is 11.8 Å². The minimum absolute atomic E-state index is 0.0549. The number of likely N-dealkylation sites (N-methyl/N-ethyl adjacent to an activating group) is 1. The largest absolute Gasteiger partial charge is 0.367 e. The zero-order chi connectivity index (χ0) is 20.2. The molecule has 0 aromatic heterocycles. The van der Waals surface area contributed by atoms with Crippen LogP contribution in [0.3, 0.4) is 0 Å². The van der Waals surface area contributed by atoms with E-state index >= 15 is 0 Å². The van der Waals surface area contributed by atoms with Crippen LogP contribution in [0.4, 0.5) is 17.1 Å². The average Bonchev–Trinajstić information content (AvgIpc) is 2.74. The summed E-state index contributed by atoms with van der Waals surface area (Å²) in [6, 6.07) is 15.8. The van der Waals surface area contributed by atoms with Crippen LogP contribution in [0.2, 0.25) is 0 Å². The Kier molecular flexibility index (Phi) is 6.06. The van der Waals surface area contributed by atoms with Gasteiger partial charge in [0.25, 0.3) is 0 Å². The number of hydrogen-bond donors (Lipinski definition) is 1. The molecule has 0 radical (unpaired) electrons. The number of piperazine rings is 1. The Balaban J connectivity index is 1.40. The maximum Gasteiger partial charge on any atom is 0.237 e. The number of thioether (sulfide) groups is 1. The fourth-order valence-electron chi connectivity index (χ4n) is 3.73. The first-order valence-corrected chi connectivity index (χ1v) is 10.9. The molecule has 0 atom stereocenters. The number of carbonyl (C=O) groups is 2. The molecule has 0 spiro atoms. The van der Waals surface area contributed by atoms with Gasteiger partial charge in [-0.05, 0) is 31.3 Å². The Morgan fingerprint density at radius 2 is 1.69 bits per heavy atom. The molecule has 4 rings (SSSR count). The molecule has 1 N–H and O–H groups in total. The molecule has 2 amide bonds. The summed E-state index contributed by atoms with van der Waals surface area (Å²) in [5, 5.41) is 3.06. The summed E-state index contributed by atoms with van der Waals surface area (Å²) < 4.78 is 0. The normalized spacial score (nSPS) is 17.2. The summed E-state index contributed by atoms with van der Waals surface area (Å²) in [6.45, 7) is 4.30. The van der Waals surface area contributed by atoms with Crippen molar-refractivity contribution in [2.45, 2.75) is 11.3 Å². The number of carbonyl (C=O) groups excluding carboxylic acids is 2. The Morgan fingerprint density at radius 3 is 2.48 bits per heavy atom. The van der Waals surface area contributed by atoms with Gasteiger partial charge in [0.15, 0.2) is 0 Å². The van der Waals surface area contributed by atoms with Gasteiger partial charge in [-0.1, -0.05) is 24.3 Å². The summed E-state index contributed by atoms with van der Waals surface area (Å²) in [5.74, 6) is 0.402. The summed E-state index contributed by atoms with van der Waals surface area (Å²) in [6.07, 6.45) is 0.266. The molecule has 2 heterocycles. The molecule has 29 heavy (non-hydrogen) atoms. The van der Waals surface area contributed by atoms with Gasteiger partial charge in [-0.2, -0.15) is 0 Å². The standard InChI is InChI=1S/C22H26N4O2S/c1-24-12-14-25(15-13-24)18-7-3-2-6-17(18)23-21(27)10-11-26-19-8-4-5-9-20(19)29-16-22(26)28/h2-9H,10-16H2,1H3,(H,23,27). The van der Waals surface area contributed by atoms with Gasteiger partial charge < -0.3 is 20.0 Å². The Morgan fingerprint density at radius 1 is 1.00 bits per heavy atom. The fraction of sp³-hybridized carbons (Fsp3) is 0.364. The summed E-state index contributed by atoms with van der Waals surface area (Å²) in [4.78, 5) is 32.5. The van der Waals surface area contributed by atoms with Gasteiger partial charge in [-0.3, -0.25) is 9.59 Å². The van der Waals surface area contributed by atoms with E-state index in [1.807, 2.05) is 42.5 Å². The zero-order valence-corrected chi connectivity index (χ0v) is 17.5. The van der Waals surface area contributed by atoms with Gasteiger partial charge in [0.05, 0.1) is 22.8 Å². The van der Waals surface area contributed by atoms with Crippen molar-refractivity contribution >= 4 is 40.6 Å². The predicted molar refractivity (Wildman–Crippen MR) is 119 cm³/mol. The number of para-hydroxylation sites is 3. The van der Waals surface area contributed by atoms with Crippen molar-refractivity contribution in [1.82, 2.24) is 4.90 Å². The molecule has 7 heteroatoms. The number of rotatable bonds is 5. The lowest BCUT2D eigenvalue weighted by molar-refractivity contribution is -0.117. The molecular weight excluding hydrogens is 384 g/mol. The minimum atomic E-state index is -0.0740. The molecule has 6 nitrogen and oxygen atoms in total. The lowest BCUT2D eigenvalue weighted by Crippen LogP contribution is -2.44. The number of benzene rings is 2. The van der Waals surface area contributed by atoms with Crippen LogP contribution in [0.15, 0.2) is 53.4 Å². The number of anilines is 3. The van der Waals surface area contributed by atoms with E-state index in [2.05, 4.69) is 28.2 Å². The van der Waals surface area contributed by atoms with Crippen molar-refractivity contribution in [3.63, 3.8) is 0 Å². The van der Waals surface area contributed by atoms with Crippen LogP contribution in [0.1, 0.15) is 6.42 Å². The molecule has 152 valence electrons. The molecular formula is C22H26N4O2S. The van der Waals surface area contributed by atoms with Gasteiger partial charge in [-0.25, -0.2) is 0 Å². The molecule has 0 saturated carbocycles. The molecule has 0 unspecified atom stereocenters. The SMILES string of the molecule is CN1CCN(c2ccccc2NC(=O)CCN2C(=O)CSc3ccccc32)CC1. The third kappa shape index (κ3) is 4.57. The highest BCUT2D eigenvalue weighted by atomic mass is 32.2. The third-order valence-electron chi connectivity index (χ3n) is 5.39. The van der Waals surface area contributed by atoms with E-state index in [0.29, 0.717) is 12.3 Å². The van der Waals surface area contributed by atoms with Gasteiger partial charge in [0.1, 0.15) is 0 Å². The lowest BCUT2D eigenvalue weighted by atomic mass is 10.2. The molecule has 1 saturated heterocycles. The minimum Gasteiger partial charge on any atom is -0.367 e. The second-order valence-electron chi connectivity index (χ2n) is 7.41. The van der Waals surface area contributed by atoms with Crippen molar-refractivity contribution in [2.24, 2.45) is 0 Å². The van der Waals surface area contributed by atoms with Gasteiger partial charge in [0, 0.05) is 44.0 Å². The summed E-state index contributed by atoms with van der Waals surface area (Å²) in [7, 11) is 2.13. The molecule has 2 aromatic rings. The second-order valence-corrected chi connectivity index (χ2v) is 8.42. The first-order valence-electron chi connectivity index (χ1n) is 9.96. The molecule has 2 aliphatic heterocycles. The maximum absolute atomic E-state index is 12.7. The number of nitrogens with zero attached hydrogens (tertiary/aromatic N) is 3. The number of hydrogen-bond acceptors (Lipinski definition) is 5. The van der Waals surface area contributed by atoms with E-state index in [-0.39, 0.29) is 18.2 Å². The van der Waals surface area contributed by atoms with Crippen molar-refractivity contribution in [3.8, 4) is 0 Å². The quantitative estimate of drug-likeness (QED) is 0.822. The molecule has 1 fully saturated rings. The smallest absolute Gasteiger partial charge is 0.237 e. The maximum atomic E-state index is 12.7. The van der Waals surface area contributed by atoms with E-state index in [4.69, 9.17) is 0 Å². The lowest BCUT2D eigenvalue weighted by Gasteiger charge is -2.35. The van der Waals surface area contributed by atoms with Crippen LogP contribution < -0.4 is 15.1 Å². The van der Waals surface area contributed by atoms with Gasteiger partial charge >= 0.3 is 0 Å². The van der Waals surface area contributed by atoms with Crippen molar-refractivity contribution in [1.29, 1.82) is 0 Å². The Hall–Kier alpha value is -2.51. The van der Waals surface area contributed by atoms with Gasteiger partial charge in [0.2, 0.25) is 11.8 Å². The highest BCUT2D eigenvalue weighted by Gasteiger charge is 2.25. The van der Waals surface area contributed by atoms with E-state index in [1.165, 1.54) is 0 Å². The topological polar surface area (TPSA) is 55.9 Å². The highest BCUT2D eigenvalue weighted by molar-refractivity contribution is 8.00. The molecule has 2 aliphatic rings. The average molecular weight is 411 g/mol. The van der Waals surface area contributed by atoms with Crippen LogP contribution in [0.5, 0.6) is 0 Å². The van der Waals surface area contributed by atoms with E-state index in [0.717, 1.165) is 48.1 Å². The van der Waals surface area contributed by atoms with E-state index in [9.17, 15) is 9.59 Å². The predicted octanol–water partition coefficient (Wildman–Crippen LogP) is 2.91. The van der Waals surface area contributed by atoms with Crippen molar-refractivity contribution in [3.05, 3.63) is 48.5 Å². The first-order chi connectivity index (χ1) is 14.1. The third-order valence-corrected chi connectivity index (χ3v) is 6.44. The summed E-state index contributed by atoms with van der Waals surface area (Å²) in [5.41, 5.74) is 2.80. The molecule has 0 aliphatic carbocycles. The van der Waals surface area contributed by atoms with Crippen LogP contribution in [0, 0.1) is 0 Å². The van der Waals surface area contributed by atoms with Crippen molar-refractivity contribution in [2.75, 3.05) is 60.6 Å². The summed E-state index contributed by atoms with van der Waals surface area (Å²) >= 11 is 1.55. The number of fused-ring (bicyclic) bond motifs is 1. The van der Waals surface area contributed by atoms with Crippen LogP contribution in [-0.2, 0) is 9.59 Å². The monoisotopic (exact) mass is 410 g/mol. The van der Waals surface area contributed by atoms with Crippen LogP contribution >= 0.6 is 11.8 Å². The number of nitrogens with one attached hydrogen (secondary N) is 1. The number of amides is 2. The van der Waals surface area contributed by atoms with Crippen LogP contribution in [-0.4, -0.2) is 62.2 Å². The highest BCUT2D eigenvalue weighted by Crippen LogP contribution is 2.35. The molecule has 2 aromatic carbocycles. The van der Waals surface area contributed by atoms with E-state index < -0.39 is 0 Å². The fourth-order valence-corrected chi connectivity index (χ4v) is 4.66. The first kappa shape index (κ1) is 19.8. The zero-order valence-electron chi connectivity index (χ0n) is 16.6. The van der Waals surface area contributed by atoms with E-state index in [1.54, 1.807) is 16.7 Å². The Bertz CT molecular complexity index is 896. The van der Waals surface area contributed by atoms with Crippen LogP contribution in [0.25, 0.3) is 0 Å².